The van der Waals surface area contributed by atoms with E-state index in [2.05, 4.69) is 15.9 Å². The third-order valence-corrected chi connectivity index (χ3v) is 2.57. The molecule has 0 atom stereocenters. The fourth-order valence-electron chi connectivity index (χ4n) is 1.39. The predicted molar refractivity (Wildman–Crippen MR) is 55.5 cm³/mol. The zero-order valence-corrected chi connectivity index (χ0v) is 9.72. The van der Waals surface area contributed by atoms with Crippen molar-refractivity contribution in [2.45, 2.75) is 18.4 Å². The van der Waals surface area contributed by atoms with Gasteiger partial charge in [0.2, 0.25) is 0 Å². The molecule has 1 aromatic carbocycles. The Balaban J connectivity index is 3.57. The predicted octanol–water partition coefficient (Wildman–Crippen LogP) is 3.82. The topological polar surface area (TPSA) is 43.1 Å². The molecule has 0 aromatic heterocycles. The Morgan fingerprint density at radius 1 is 1.44 bits per heavy atom. The minimum absolute atomic E-state index is 0.00801. The summed E-state index contributed by atoms with van der Waals surface area (Å²) >= 11 is 2.94. The number of alkyl halides is 4. The molecular formula is C9H7BrF3NO2. The lowest BCUT2D eigenvalue weighted by atomic mass is 10.0. The summed E-state index contributed by atoms with van der Waals surface area (Å²) in [5.74, 6) is 0. The van der Waals surface area contributed by atoms with E-state index in [1.807, 2.05) is 0 Å². The van der Waals surface area contributed by atoms with Gasteiger partial charge in [0.05, 0.1) is 4.92 Å². The van der Waals surface area contributed by atoms with Gasteiger partial charge in [-0.2, -0.15) is 13.2 Å². The van der Waals surface area contributed by atoms with Gasteiger partial charge in [0.15, 0.2) is 0 Å². The van der Waals surface area contributed by atoms with Crippen molar-refractivity contribution in [3.05, 3.63) is 38.9 Å². The van der Waals surface area contributed by atoms with E-state index in [-0.39, 0.29) is 10.9 Å². The summed E-state index contributed by atoms with van der Waals surface area (Å²) in [6.45, 7) is 1.46. The van der Waals surface area contributed by atoms with Crippen LogP contribution in [0.15, 0.2) is 12.1 Å². The zero-order valence-electron chi connectivity index (χ0n) is 8.14. The van der Waals surface area contributed by atoms with Crippen molar-refractivity contribution < 1.29 is 18.1 Å². The molecule has 1 aromatic rings. The second-order valence-electron chi connectivity index (χ2n) is 3.21. The summed E-state index contributed by atoms with van der Waals surface area (Å²) in [5, 5.41) is 10.7. The number of benzene rings is 1. The number of nitrogens with zero attached hydrogens (tertiary/aromatic N) is 1. The summed E-state index contributed by atoms with van der Waals surface area (Å²) < 4.78 is 37.8. The van der Waals surface area contributed by atoms with Gasteiger partial charge in [0, 0.05) is 10.9 Å². The van der Waals surface area contributed by atoms with E-state index in [1.54, 1.807) is 0 Å². The molecule has 0 N–H and O–H groups in total. The molecule has 0 aliphatic heterocycles. The Labute approximate surface area is 97.5 Å². The third kappa shape index (κ3) is 2.52. The average Bonchev–Trinajstić information content (AvgIpc) is 2.14. The van der Waals surface area contributed by atoms with Gasteiger partial charge in [-0.3, -0.25) is 10.1 Å². The van der Waals surface area contributed by atoms with Crippen molar-refractivity contribution in [3.8, 4) is 0 Å². The second-order valence-corrected chi connectivity index (χ2v) is 3.77. The highest BCUT2D eigenvalue weighted by atomic mass is 79.9. The van der Waals surface area contributed by atoms with E-state index in [9.17, 15) is 23.3 Å². The first-order valence-corrected chi connectivity index (χ1v) is 5.30. The monoisotopic (exact) mass is 297 g/mol. The molecule has 0 aliphatic rings. The van der Waals surface area contributed by atoms with Gasteiger partial charge in [0.1, 0.15) is 5.56 Å². The molecule has 16 heavy (non-hydrogen) atoms. The Bertz CT molecular complexity index is 431. The molecule has 0 aliphatic carbocycles. The van der Waals surface area contributed by atoms with Crippen molar-refractivity contribution in [2.75, 3.05) is 0 Å². The number of halogens is 4. The molecule has 1 rings (SSSR count). The molecule has 7 heteroatoms. The number of nitro groups is 1. The molecule has 0 unspecified atom stereocenters. The van der Waals surface area contributed by atoms with Gasteiger partial charge in [0.25, 0.3) is 5.69 Å². The van der Waals surface area contributed by atoms with E-state index in [0.717, 1.165) is 6.07 Å². The first-order chi connectivity index (χ1) is 7.27. The highest BCUT2D eigenvalue weighted by molar-refractivity contribution is 9.08. The number of aryl methyl sites for hydroxylation is 1. The number of hydrogen-bond donors (Lipinski definition) is 0. The van der Waals surface area contributed by atoms with Gasteiger partial charge >= 0.3 is 6.18 Å². The first-order valence-electron chi connectivity index (χ1n) is 4.18. The van der Waals surface area contributed by atoms with Gasteiger partial charge in [-0.25, -0.2) is 0 Å². The smallest absolute Gasteiger partial charge is 0.258 e. The molecule has 0 fully saturated rings. The Kier molecular flexibility index (Phi) is 3.57. The lowest BCUT2D eigenvalue weighted by Gasteiger charge is -2.10. The summed E-state index contributed by atoms with van der Waals surface area (Å²) in [7, 11) is 0. The van der Waals surface area contributed by atoms with E-state index < -0.39 is 22.4 Å². The molecule has 0 bridgehead atoms. The molecule has 0 saturated heterocycles. The quantitative estimate of drug-likeness (QED) is 0.473. The van der Waals surface area contributed by atoms with E-state index >= 15 is 0 Å². The van der Waals surface area contributed by atoms with E-state index in [0.29, 0.717) is 5.56 Å². The van der Waals surface area contributed by atoms with Crippen molar-refractivity contribution in [3.63, 3.8) is 0 Å². The molecule has 0 heterocycles. The highest BCUT2D eigenvalue weighted by Gasteiger charge is 2.39. The van der Waals surface area contributed by atoms with Crippen LogP contribution in [0.25, 0.3) is 0 Å². The lowest BCUT2D eigenvalue weighted by molar-refractivity contribution is -0.388. The summed E-state index contributed by atoms with van der Waals surface area (Å²) in [5.41, 5.74) is -1.72. The van der Waals surface area contributed by atoms with Gasteiger partial charge in [-0.1, -0.05) is 15.9 Å². The molecule has 0 saturated carbocycles. The van der Waals surface area contributed by atoms with Crippen LogP contribution in [0.2, 0.25) is 0 Å². The number of rotatable bonds is 2. The molecular weight excluding hydrogens is 291 g/mol. The second kappa shape index (κ2) is 4.40. The maximum atomic E-state index is 12.6. The lowest BCUT2D eigenvalue weighted by Crippen LogP contribution is -2.11. The minimum atomic E-state index is -4.72. The Morgan fingerprint density at radius 3 is 2.38 bits per heavy atom. The number of nitro benzene ring substituents is 1. The normalized spacial score (nSPS) is 11.6. The summed E-state index contributed by atoms with van der Waals surface area (Å²) in [6, 6.07) is 2.15. The van der Waals surface area contributed by atoms with Crippen molar-refractivity contribution in [1.29, 1.82) is 0 Å². The highest BCUT2D eigenvalue weighted by Crippen LogP contribution is 2.39. The molecule has 0 radical (unpaired) electrons. The molecule has 0 spiro atoms. The number of hydrogen-bond acceptors (Lipinski definition) is 2. The average molecular weight is 298 g/mol. The van der Waals surface area contributed by atoms with Crippen molar-refractivity contribution >= 4 is 21.6 Å². The first kappa shape index (κ1) is 13.0. The molecule has 0 amide bonds. The van der Waals surface area contributed by atoms with Crippen LogP contribution >= 0.6 is 15.9 Å². The van der Waals surface area contributed by atoms with Crippen LogP contribution in [-0.2, 0) is 11.5 Å². The van der Waals surface area contributed by atoms with Crippen molar-refractivity contribution in [1.82, 2.24) is 0 Å². The van der Waals surface area contributed by atoms with E-state index in [1.165, 1.54) is 13.0 Å². The molecule has 3 nitrogen and oxygen atoms in total. The molecule has 88 valence electrons. The largest absolute Gasteiger partial charge is 0.423 e. The van der Waals surface area contributed by atoms with Crippen LogP contribution in [0.1, 0.15) is 16.7 Å². The summed E-state index contributed by atoms with van der Waals surface area (Å²) in [4.78, 5) is 9.64. The SMILES string of the molecule is Cc1cc(CBr)c([N+](=O)[O-])c(C(F)(F)F)c1. The Morgan fingerprint density at radius 2 is 2.00 bits per heavy atom. The summed E-state index contributed by atoms with van der Waals surface area (Å²) in [6.07, 6.45) is -4.72. The van der Waals surface area contributed by atoms with Gasteiger partial charge in [-0.05, 0) is 24.6 Å². The van der Waals surface area contributed by atoms with Crippen molar-refractivity contribution in [2.24, 2.45) is 0 Å². The minimum Gasteiger partial charge on any atom is -0.258 e. The fourth-order valence-corrected chi connectivity index (χ4v) is 1.81. The zero-order chi connectivity index (χ0) is 12.5. The van der Waals surface area contributed by atoms with Crippen LogP contribution in [0, 0.1) is 17.0 Å². The standard InChI is InChI=1S/C9H7BrF3NO2/c1-5-2-6(4-10)8(14(15)16)7(3-5)9(11,12)13/h2-3H,4H2,1H3. The van der Waals surface area contributed by atoms with Crippen LogP contribution in [-0.4, -0.2) is 4.92 Å². The maximum Gasteiger partial charge on any atom is 0.423 e. The Hall–Kier alpha value is -1.11. The van der Waals surface area contributed by atoms with Crippen LogP contribution in [0.3, 0.4) is 0 Å². The maximum absolute atomic E-state index is 12.6. The van der Waals surface area contributed by atoms with Crippen LogP contribution in [0.4, 0.5) is 18.9 Å². The van der Waals surface area contributed by atoms with Crippen LogP contribution < -0.4 is 0 Å². The van der Waals surface area contributed by atoms with E-state index in [4.69, 9.17) is 0 Å². The van der Waals surface area contributed by atoms with Gasteiger partial charge < -0.3 is 0 Å². The third-order valence-electron chi connectivity index (χ3n) is 1.97. The van der Waals surface area contributed by atoms with Gasteiger partial charge in [-0.15, -0.1) is 0 Å². The fraction of sp³-hybridized carbons (Fsp3) is 0.333. The van der Waals surface area contributed by atoms with Crippen LogP contribution in [0.5, 0.6) is 0 Å².